The Morgan fingerprint density at radius 2 is 1.70 bits per heavy atom. The summed E-state index contributed by atoms with van der Waals surface area (Å²) in [5, 5.41) is 7.55. The zero-order valence-corrected chi connectivity index (χ0v) is 16.4. The molecule has 1 amide bonds. The molecule has 1 N–H and O–H groups in total. The fraction of sp³-hybridized carbons (Fsp3) is 0.273. The summed E-state index contributed by atoms with van der Waals surface area (Å²) in [4.78, 5) is 14.6. The van der Waals surface area contributed by atoms with E-state index in [-0.39, 0.29) is 5.91 Å². The van der Waals surface area contributed by atoms with Crippen molar-refractivity contribution in [3.63, 3.8) is 0 Å². The van der Waals surface area contributed by atoms with E-state index >= 15 is 0 Å². The normalized spacial score (nSPS) is 11.0. The first kappa shape index (κ1) is 18.9. The Morgan fingerprint density at radius 1 is 1.04 bits per heavy atom. The minimum atomic E-state index is -0.0548. The maximum atomic E-state index is 12.6. The third-order valence-electron chi connectivity index (χ3n) is 4.56. The van der Waals surface area contributed by atoms with Crippen LogP contribution in [0.4, 0.5) is 5.82 Å². The lowest BCUT2D eigenvalue weighted by molar-refractivity contribution is -0.117. The second-order valence-electron chi connectivity index (χ2n) is 7.02. The summed E-state index contributed by atoms with van der Waals surface area (Å²) in [6.07, 6.45) is 0. The van der Waals surface area contributed by atoms with Crippen molar-refractivity contribution in [2.75, 3.05) is 18.9 Å². The lowest BCUT2D eigenvalue weighted by Gasteiger charge is -2.18. The molecule has 0 bridgehead atoms. The topological polar surface area (TPSA) is 50.2 Å². The third-order valence-corrected chi connectivity index (χ3v) is 4.56. The van der Waals surface area contributed by atoms with Gasteiger partial charge in [-0.3, -0.25) is 9.69 Å². The van der Waals surface area contributed by atoms with Gasteiger partial charge in [0.1, 0.15) is 5.82 Å². The van der Waals surface area contributed by atoms with Crippen molar-refractivity contribution in [3.8, 4) is 5.69 Å². The van der Waals surface area contributed by atoms with Crippen LogP contribution in [-0.2, 0) is 11.3 Å². The van der Waals surface area contributed by atoms with Crippen LogP contribution in [0.2, 0.25) is 0 Å². The molecule has 0 aliphatic rings. The molecule has 0 radical (unpaired) electrons. The fourth-order valence-corrected chi connectivity index (χ4v) is 3.13. The molecule has 2 aromatic carbocycles. The molecular weight excluding hydrogens is 336 g/mol. The van der Waals surface area contributed by atoms with Crippen LogP contribution < -0.4 is 5.32 Å². The van der Waals surface area contributed by atoms with Crippen LogP contribution in [0.25, 0.3) is 5.69 Å². The smallest absolute Gasteiger partial charge is 0.239 e. The Kier molecular flexibility index (Phi) is 5.72. The Bertz CT molecular complexity index is 945. The summed E-state index contributed by atoms with van der Waals surface area (Å²) in [7, 11) is 1.95. The molecule has 3 aromatic rings. The zero-order valence-electron chi connectivity index (χ0n) is 16.4. The van der Waals surface area contributed by atoms with Gasteiger partial charge < -0.3 is 5.32 Å². The van der Waals surface area contributed by atoms with Gasteiger partial charge in [-0.25, -0.2) is 4.68 Å². The number of aryl methyl sites for hydroxylation is 3. The second-order valence-corrected chi connectivity index (χ2v) is 7.02. The number of hydrogen-bond acceptors (Lipinski definition) is 3. The number of rotatable bonds is 6. The summed E-state index contributed by atoms with van der Waals surface area (Å²) >= 11 is 0. The van der Waals surface area contributed by atoms with E-state index in [1.165, 1.54) is 11.1 Å². The minimum Gasteiger partial charge on any atom is -0.309 e. The molecule has 1 aromatic heterocycles. The van der Waals surface area contributed by atoms with Crippen LogP contribution in [0.1, 0.15) is 22.4 Å². The van der Waals surface area contributed by atoms with Gasteiger partial charge in [-0.2, -0.15) is 5.10 Å². The minimum absolute atomic E-state index is 0.0548. The highest BCUT2D eigenvalue weighted by molar-refractivity contribution is 5.91. The molecule has 0 fully saturated rings. The molecule has 1 heterocycles. The first-order chi connectivity index (χ1) is 12.9. The van der Waals surface area contributed by atoms with E-state index in [0.717, 1.165) is 23.5 Å². The molecule has 140 valence electrons. The van der Waals surface area contributed by atoms with Crippen LogP contribution in [0.15, 0.2) is 54.6 Å². The van der Waals surface area contributed by atoms with Gasteiger partial charge in [-0.05, 0) is 50.6 Å². The summed E-state index contributed by atoms with van der Waals surface area (Å²) in [6.45, 7) is 7.10. The third kappa shape index (κ3) is 4.63. The van der Waals surface area contributed by atoms with Crippen LogP contribution >= 0.6 is 0 Å². The van der Waals surface area contributed by atoms with Crippen molar-refractivity contribution < 1.29 is 4.79 Å². The zero-order chi connectivity index (χ0) is 19.4. The van der Waals surface area contributed by atoms with E-state index in [2.05, 4.69) is 29.5 Å². The van der Waals surface area contributed by atoms with Crippen LogP contribution in [-0.4, -0.2) is 34.2 Å². The van der Waals surface area contributed by atoms with Crippen LogP contribution in [0, 0.1) is 20.8 Å². The summed E-state index contributed by atoms with van der Waals surface area (Å²) < 4.78 is 1.80. The van der Waals surface area contributed by atoms with E-state index in [1.54, 1.807) is 4.68 Å². The molecule has 0 aliphatic carbocycles. The molecule has 0 saturated carbocycles. The number of anilines is 1. The van der Waals surface area contributed by atoms with Crippen LogP contribution in [0.3, 0.4) is 0 Å². The highest BCUT2D eigenvalue weighted by Gasteiger charge is 2.14. The highest BCUT2D eigenvalue weighted by atomic mass is 16.2. The monoisotopic (exact) mass is 362 g/mol. The van der Waals surface area contributed by atoms with E-state index in [0.29, 0.717) is 12.4 Å². The summed E-state index contributed by atoms with van der Waals surface area (Å²) in [5.41, 5.74) is 5.40. The molecule has 3 rings (SSSR count). The number of likely N-dealkylation sites (N-methyl/N-ethyl adjacent to an activating group) is 1. The standard InChI is InChI=1S/C22H26N4O/c1-16-9-5-7-11-19(16)14-25(4)15-22(27)23-21-13-18(3)24-26(21)20-12-8-6-10-17(20)2/h5-13H,14-15H2,1-4H3,(H,23,27). The van der Waals surface area contributed by atoms with Gasteiger partial charge in [-0.1, -0.05) is 42.5 Å². The quantitative estimate of drug-likeness (QED) is 0.724. The Hall–Kier alpha value is -2.92. The van der Waals surface area contributed by atoms with Gasteiger partial charge in [0.15, 0.2) is 0 Å². The number of hydrogen-bond donors (Lipinski definition) is 1. The van der Waals surface area contributed by atoms with E-state index in [9.17, 15) is 4.79 Å². The molecule has 0 atom stereocenters. The Morgan fingerprint density at radius 3 is 2.41 bits per heavy atom. The van der Waals surface area contributed by atoms with Crippen LogP contribution in [0.5, 0.6) is 0 Å². The molecule has 0 aliphatic heterocycles. The number of carbonyl (C=O) groups is 1. The first-order valence-electron chi connectivity index (χ1n) is 9.09. The van der Waals surface area contributed by atoms with Gasteiger partial charge in [0.05, 0.1) is 17.9 Å². The van der Waals surface area contributed by atoms with Crippen molar-refractivity contribution in [2.24, 2.45) is 0 Å². The van der Waals surface area contributed by atoms with Gasteiger partial charge >= 0.3 is 0 Å². The molecule has 0 spiro atoms. The van der Waals surface area contributed by atoms with Gasteiger partial charge in [0.2, 0.25) is 5.91 Å². The first-order valence-corrected chi connectivity index (χ1v) is 9.09. The lowest BCUT2D eigenvalue weighted by atomic mass is 10.1. The fourth-order valence-electron chi connectivity index (χ4n) is 3.13. The van der Waals surface area contributed by atoms with E-state index in [4.69, 9.17) is 0 Å². The van der Waals surface area contributed by atoms with Gasteiger partial charge in [0.25, 0.3) is 0 Å². The molecule has 27 heavy (non-hydrogen) atoms. The Labute approximate surface area is 160 Å². The number of benzene rings is 2. The number of carbonyl (C=O) groups excluding carboxylic acids is 1. The van der Waals surface area contributed by atoms with E-state index < -0.39 is 0 Å². The largest absolute Gasteiger partial charge is 0.309 e. The average molecular weight is 362 g/mol. The second kappa shape index (κ2) is 8.18. The predicted octanol–water partition coefficient (Wildman–Crippen LogP) is 3.87. The van der Waals surface area contributed by atoms with Crippen molar-refractivity contribution in [2.45, 2.75) is 27.3 Å². The highest BCUT2D eigenvalue weighted by Crippen LogP contribution is 2.20. The maximum absolute atomic E-state index is 12.6. The average Bonchev–Trinajstić information content (AvgIpc) is 2.97. The molecular formula is C22H26N4O. The van der Waals surface area contributed by atoms with Crippen molar-refractivity contribution in [1.29, 1.82) is 0 Å². The molecule has 0 unspecified atom stereocenters. The van der Waals surface area contributed by atoms with Gasteiger partial charge in [-0.15, -0.1) is 0 Å². The SMILES string of the molecule is Cc1cc(NC(=O)CN(C)Cc2ccccc2C)n(-c2ccccc2C)n1. The number of aromatic nitrogens is 2. The predicted molar refractivity (Wildman–Crippen MR) is 109 cm³/mol. The van der Waals surface area contributed by atoms with Crippen molar-refractivity contribution in [1.82, 2.24) is 14.7 Å². The van der Waals surface area contributed by atoms with Crippen molar-refractivity contribution >= 4 is 11.7 Å². The number of nitrogens with one attached hydrogen (secondary N) is 1. The molecule has 0 saturated heterocycles. The summed E-state index contributed by atoms with van der Waals surface area (Å²) in [6, 6.07) is 18.1. The number of nitrogens with zero attached hydrogens (tertiary/aromatic N) is 3. The maximum Gasteiger partial charge on any atom is 0.239 e. The number of para-hydroxylation sites is 1. The summed E-state index contributed by atoms with van der Waals surface area (Å²) in [5.74, 6) is 0.636. The van der Waals surface area contributed by atoms with Gasteiger partial charge in [0, 0.05) is 12.6 Å². The van der Waals surface area contributed by atoms with E-state index in [1.807, 2.05) is 68.3 Å². The van der Waals surface area contributed by atoms with Crippen molar-refractivity contribution in [3.05, 3.63) is 77.0 Å². The Balaban J connectivity index is 1.70. The number of amides is 1. The lowest BCUT2D eigenvalue weighted by Crippen LogP contribution is -2.30. The molecule has 5 heteroatoms. The molecule has 5 nitrogen and oxygen atoms in total.